The van der Waals surface area contributed by atoms with Crippen LogP contribution in [0.4, 0.5) is 0 Å². The number of hydrogen-bond acceptors (Lipinski definition) is 1. The molecule has 2 aromatic heterocycles. The van der Waals surface area contributed by atoms with Crippen LogP contribution < -0.4 is 0 Å². The molecular formula is C8H4S. The van der Waals surface area contributed by atoms with Gasteiger partial charge in [-0.2, -0.15) is 0 Å². The standard InChI is InChI=1S/C8H4S/c1-2-6-5(1)7-3-4-8(6)9-7/h1-4H. The molecule has 42 valence electrons. The van der Waals surface area contributed by atoms with E-state index in [4.69, 9.17) is 0 Å². The summed E-state index contributed by atoms with van der Waals surface area (Å²) in [6.07, 6.45) is 4.38. The van der Waals surface area contributed by atoms with Gasteiger partial charge in [-0.1, -0.05) is 12.2 Å². The molecule has 2 aromatic rings. The number of rotatable bonds is 0. The number of benzene rings is 1. The predicted molar refractivity (Wildman–Crippen MR) is 41.9 cm³/mol. The molecular weight excluding hydrogens is 128 g/mol. The third-order valence-corrected chi connectivity index (χ3v) is 3.00. The van der Waals surface area contributed by atoms with E-state index in [-0.39, 0.29) is 0 Å². The van der Waals surface area contributed by atoms with Crippen molar-refractivity contribution in [2.24, 2.45) is 0 Å². The monoisotopic (exact) mass is 132 g/mol. The second kappa shape index (κ2) is 1.05. The van der Waals surface area contributed by atoms with E-state index >= 15 is 0 Å². The van der Waals surface area contributed by atoms with Gasteiger partial charge in [0.15, 0.2) is 0 Å². The van der Waals surface area contributed by atoms with Gasteiger partial charge >= 0.3 is 0 Å². The van der Waals surface area contributed by atoms with E-state index < -0.39 is 0 Å². The fraction of sp³-hybridized carbons (Fsp3) is 0. The highest BCUT2D eigenvalue weighted by molar-refractivity contribution is 7.25. The Hall–Kier alpha value is -0.820. The first kappa shape index (κ1) is 4.07. The van der Waals surface area contributed by atoms with Gasteiger partial charge in [0.2, 0.25) is 0 Å². The molecule has 9 heavy (non-hydrogen) atoms. The lowest BCUT2D eigenvalue weighted by Crippen LogP contribution is -1.83. The van der Waals surface area contributed by atoms with Crippen molar-refractivity contribution in [3.05, 3.63) is 23.3 Å². The Morgan fingerprint density at radius 1 is 0.889 bits per heavy atom. The lowest BCUT2D eigenvalue weighted by molar-refractivity contribution is 1.76. The topological polar surface area (TPSA) is 0 Å². The highest BCUT2D eigenvalue weighted by Crippen LogP contribution is 2.41. The third kappa shape index (κ3) is 0.304. The van der Waals surface area contributed by atoms with Crippen LogP contribution in [0.1, 0.15) is 11.1 Å². The summed E-state index contributed by atoms with van der Waals surface area (Å²) in [5.41, 5.74) is 2.94. The van der Waals surface area contributed by atoms with Crippen molar-refractivity contribution in [1.29, 1.82) is 0 Å². The fourth-order valence-corrected chi connectivity index (χ4v) is 2.39. The molecule has 0 unspecified atom stereocenters. The van der Waals surface area contributed by atoms with E-state index in [1.807, 2.05) is 11.3 Å². The minimum absolute atomic E-state index is 1.45. The maximum atomic E-state index is 2.20. The molecule has 0 aromatic carbocycles. The summed E-state index contributed by atoms with van der Waals surface area (Å²) >= 11 is 1.90. The Bertz CT molecular complexity index is 346. The molecule has 0 saturated carbocycles. The lowest BCUT2D eigenvalue weighted by atomic mass is 9.99. The quantitative estimate of drug-likeness (QED) is 0.441. The Labute approximate surface area is 56.8 Å². The summed E-state index contributed by atoms with van der Waals surface area (Å²) in [6, 6.07) is 4.39. The van der Waals surface area contributed by atoms with Crippen molar-refractivity contribution < 1.29 is 0 Å². The molecule has 1 heteroatoms. The van der Waals surface area contributed by atoms with E-state index in [2.05, 4.69) is 24.3 Å². The molecule has 2 heterocycles. The van der Waals surface area contributed by atoms with E-state index in [0.29, 0.717) is 0 Å². The van der Waals surface area contributed by atoms with Gasteiger partial charge in [-0.05, 0) is 12.1 Å². The number of fused-ring (bicyclic) bond motifs is 5. The van der Waals surface area contributed by atoms with Crippen molar-refractivity contribution in [3.63, 3.8) is 0 Å². The van der Waals surface area contributed by atoms with Gasteiger partial charge in [0.05, 0.1) is 0 Å². The van der Waals surface area contributed by atoms with E-state index in [9.17, 15) is 0 Å². The molecule has 1 aliphatic rings. The van der Waals surface area contributed by atoms with Crippen LogP contribution in [0.2, 0.25) is 0 Å². The highest BCUT2D eigenvalue weighted by atomic mass is 32.1. The summed E-state index contributed by atoms with van der Waals surface area (Å²) in [5.74, 6) is 0. The molecule has 0 radical (unpaired) electrons. The average molecular weight is 132 g/mol. The van der Waals surface area contributed by atoms with Gasteiger partial charge in [-0.25, -0.2) is 0 Å². The lowest BCUT2D eigenvalue weighted by Gasteiger charge is -2.04. The van der Waals surface area contributed by atoms with Crippen molar-refractivity contribution in [2.45, 2.75) is 0 Å². The number of hydrogen-bond donors (Lipinski definition) is 0. The fourth-order valence-electron chi connectivity index (χ4n) is 1.31. The molecule has 0 atom stereocenters. The van der Waals surface area contributed by atoms with Crippen LogP contribution in [-0.2, 0) is 0 Å². The summed E-state index contributed by atoms with van der Waals surface area (Å²) < 4.78 is 2.89. The van der Waals surface area contributed by atoms with Gasteiger partial charge in [-0.3, -0.25) is 0 Å². The Kier molecular flexibility index (Phi) is 0.474. The van der Waals surface area contributed by atoms with E-state index in [1.54, 1.807) is 0 Å². The maximum Gasteiger partial charge on any atom is 0.0355 e. The molecule has 0 spiro atoms. The van der Waals surface area contributed by atoms with Crippen LogP contribution in [0.5, 0.6) is 0 Å². The molecule has 2 bridgehead atoms. The molecule has 0 aliphatic heterocycles. The van der Waals surface area contributed by atoms with Gasteiger partial charge in [0.1, 0.15) is 0 Å². The van der Waals surface area contributed by atoms with Crippen LogP contribution in [0.15, 0.2) is 12.1 Å². The summed E-state index contributed by atoms with van der Waals surface area (Å²) in [4.78, 5) is 0. The number of thiophene rings is 2. The van der Waals surface area contributed by atoms with Crippen molar-refractivity contribution in [1.82, 2.24) is 0 Å². The minimum atomic E-state index is 1.45. The zero-order valence-electron chi connectivity index (χ0n) is 4.72. The molecule has 0 N–H and O–H groups in total. The first-order valence-electron chi connectivity index (χ1n) is 2.98. The molecule has 0 fully saturated rings. The Morgan fingerprint density at radius 2 is 1.44 bits per heavy atom. The van der Waals surface area contributed by atoms with Gasteiger partial charge in [-0.15, -0.1) is 11.3 Å². The van der Waals surface area contributed by atoms with Crippen LogP contribution in [0.25, 0.3) is 21.6 Å². The molecule has 0 saturated heterocycles. The van der Waals surface area contributed by atoms with Crippen LogP contribution in [-0.4, -0.2) is 0 Å². The van der Waals surface area contributed by atoms with Crippen molar-refractivity contribution in [3.8, 4) is 0 Å². The van der Waals surface area contributed by atoms with Crippen molar-refractivity contribution in [2.75, 3.05) is 0 Å². The van der Waals surface area contributed by atoms with Gasteiger partial charge in [0, 0.05) is 20.5 Å². The molecule has 3 rings (SSSR count). The predicted octanol–water partition coefficient (Wildman–Crippen LogP) is 2.82. The molecule has 0 amide bonds. The molecule has 1 aliphatic carbocycles. The van der Waals surface area contributed by atoms with E-state index in [0.717, 1.165) is 0 Å². The van der Waals surface area contributed by atoms with Crippen LogP contribution in [0.3, 0.4) is 0 Å². The minimum Gasteiger partial charge on any atom is -0.135 e. The first-order chi connectivity index (χ1) is 4.45. The van der Waals surface area contributed by atoms with Crippen LogP contribution in [0, 0.1) is 0 Å². The Balaban J connectivity index is 2.73. The summed E-state index contributed by atoms with van der Waals surface area (Å²) in [7, 11) is 0. The first-order valence-corrected chi connectivity index (χ1v) is 3.80. The SMILES string of the molecule is C1=Cc2c1c1ccc2s1. The second-order valence-electron chi connectivity index (χ2n) is 2.32. The Morgan fingerprint density at radius 3 is 1.78 bits per heavy atom. The normalized spacial score (nSPS) is 14.2. The van der Waals surface area contributed by atoms with Crippen LogP contribution >= 0.6 is 11.3 Å². The van der Waals surface area contributed by atoms with Crippen molar-refractivity contribution >= 4 is 32.9 Å². The van der Waals surface area contributed by atoms with Gasteiger partial charge in [0.25, 0.3) is 0 Å². The van der Waals surface area contributed by atoms with E-state index in [1.165, 1.54) is 20.5 Å². The highest BCUT2D eigenvalue weighted by Gasteiger charge is 2.14. The van der Waals surface area contributed by atoms with Gasteiger partial charge < -0.3 is 0 Å². The molecule has 0 nitrogen and oxygen atoms in total. The zero-order chi connectivity index (χ0) is 5.84. The summed E-state index contributed by atoms with van der Waals surface area (Å²) in [5, 5.41) is 0. The largest absolute Gasteiger partial charge is 0.135 e. The third-order valence-electron chi connectivity index (χ3n) is 1.84. The second-order valence-corrected chi connectivity index (χ2v) is 3.41. The average Bonchev–Trinajstić information content (AvgIpc) is 2.18. The summed E-state index contributed by atoms with van der Waals surface area (Å²) in [6.45, 7) is 0. The smallest absolute Gasteiger partial charge is 0.0355 e. The zero-order valence-corrected chi connectivity index (χ0v) is 5.53. The maximum absolute atomic E-state index is 2.20.